The van der Waals surface area contributed by atoms with E-state index in [4.69, 9.17) is 9.72 Å². The molecule has 2 fully saturated rings. The van der Waals surface area contributed by atoms with Crippen LogP contribution in [-0.2, 0) is 11.0 Å². The van der Waals surface area contributed by atoms with Gasteiger partial charge in [-0.05, 0) is 91.5 Å². The molecule has 0 saturated carbocycles. The number of piperidine rings is 1. The van der Waals surface area contributed by atoms with Crippen molar-refractivity contribution in [3.8, 4) is 17.1 Å². The molecule has 6 rings (SSSR count). The zero-order chi connectivity index (χ0) is 33.8. The van der Waals surface area contributed by atoms with Crippen LogP contribution in [0.5, 0.6) is 5.75 Å². The summed E-state index contributed by atoms with van der Waals surface area (Å²) in [6.45, 7) is 12.4. The van der Waals surface area contributed by atoms with Gasteiger partial charge in [-0.2, -0.15) is 4.98 Å². The molecule has 0 amide bonds. The van der Waals surface area contributed by atoms with Gasteiger partial charge in [0.2, 0.25) is 5.95 Å². The first-order valence-corrected chi connectivity index (χ1v) is 19.9. The molecule has 13 heteroatoms. The SMILES string of the molecule is CCc1cc(Nc2ncc(Br)c(Nc3ccc(-c4ncccn4)cc3P(C)(C)=O)n2)c(OC)cc1N1CCC(N2CCN(C)CC2)CC1. The number of methoxy groups -OCH3 is 1. The van der Waals surface area contributed by atoms with Gasteiger partial charge in [-0.1, -0.05) is 6.92 Å². The van der Waals surface area contributed by atoms with E-state index in [0.29, 0.717) is 39.1 Å². The molecule has 254 valence electrons. The lowest BCUT2D eigenvalue weighted by Crippen LogP contribution is -2.52. The summed E-state index contributed by atoms with van der Waals surface area (Å²) in [5.41, 5.74) is 4.78. The second-order valence-corrected chi connectivity index (χ2v) is 16.9. The Morgan fingerprint density at radius 2 is 1.69 bits per heavy atom. The normalized spacial score (nSPS) is 16.6. The largest absolute Gasteiger partial charge is 0.494 e. The number of hydrogen-bond acceptors (Lipinski definition) is 11. The number of halogens is 1. The van der Waals surface area contributed by atoms with Gasteiger partial charge in [0, 0.05) is 86.5 Å². The van der Waals surface area contributed by atoms with Crippen LogP contribution in [0.4, 0.5) is 28.8 Å². The molecule has 0 atom stereocenters. The highest BCUT2D eigenvalue weighted by Crippen LogP contribution is 2.41. The number of piperazine rings is 1. The third kappa shape index (κ3) is 7.83. The summed E-state index contributed by atoms with van der Waals surface area (Å²) in [5, 5.41) is 7.48. The van der Waals surface area contributed by atoms with Crippen molar-refractivity contribution in [2.45, 2.75) is 32.2 Å². The Morgan fingerprint density at radius 3 is 2.35 bits per heavy atom. The fourth-order valence-corrected chi connectivity index (χ4v) is 8.00. The summed E-state index contributed by atoms with van der Waals surface area (Å²) >= 11 is 3.60. The molecule has 0 spiro atoms. The monoisotopic (exact) mass is 733 g/mol. The number of aryl methyl sites for hydroxylation is 1. The Bertz CT molecular complexity index is 1770. The average Bonchev–Trinajstić information content (AvgIpc) is 3.10. The van der Waals surface area contributed by atoms with E-state index in [1.807, 2.05) is 18.2 Å². The molecule has 2 N–H and O–H groups in total. The molecule has 2 aliphatic rings. The minimum Gasteiger partial charge on any atom is -0.494 e. The van der Waals surface area contributed by atoms with Gasteiger partial charge >= 0.3 is 0 Å². The summed E-state index contributed by atoms with van der Waals surface area (Å²) in [5.74, 6) is 2.27. The van der Waals surface area contributed by atoms with Crippen LogP contribution in [0.3, 0.4) is 0 Å². The van der Waals surface area contributed by atoms with Crippen molar-refractivity contribution in [2.75, 3.05) is 82.3 Å². The van der Waals surface area contributed by atoms with Gasteiger partial charge in [-0.25, -0.2) is 15.0 Å². The van der Waals surface area contributed by atoms with Crippen LogP contribution in [0, 0.1) is 0 Å². The van der Waals surface area contributed by atoms with Crippen LogP contribution < -0.4 is 25.6 Å². The molecule has 48 heavy (non-hydrogen) atoms. The Labute approximate surface area is 292 Å². The van der Waals surface area contributed by atoms with Crippen LogP contribution in [0.1, 0.15) is 25.3 Å². The van der Waals surface area contributed by atoms with Crippen LogP contribution in [0.25, 0.3) is 11.4 Å². The van der Waals surface area contributed by atoms with E-state index in [2.05, 4.69) is 82.3 Å². The molecular weight excluding hydrogens is 689 g/mol. The summed E-state index contributed by atoms with van der Waals surface area (Å²) in [4.78, 5) is 25.7. The maximum absolute atomic E-state index is 13.4. The number of hydrogen-bond donors (Lipinski definition) is 2. The van der Waals surface area contributed by atoms with Gasteiger partial charge in [0.15, 0.2) is 5.82 Å². The van der Waals surface area contributed by atoms with Gasteiger partial charge in [-0.15, -0.1) is 0 Å². The second kappa shape index (κ2) is 14.9. The van der Waals surface area contributed by atoms with E-state index in [-0.39, 0.29) is 0 Å². The van der Waals surface area contributed by atoms with Crippen molar-refractivity contribution < 1.29 is 9.30 Å². The Kier molecular flexibility index (Phi) is 10.6. The lowest BCUT2D eigenvalue weighted by atomic mass is 9.99. The summed E-state index contributed by atoms with van der Waals surface area (Å²) in [6, 6.07) is 12.4. The van der Waals surface area contributed by atoms with Crippen molar-refractivity contribution in [1.29, 1.82) is 0 Å². The summed E-state index contributed by atoms with van der Waals surface area (Å²) in [7, 11) is 1.23. The van der Waals surface area contributed by atoms with E-state index in [1.165, 1.54) is 37.2 Å². The number of nitrogens with one attached hydrogen (secondary N) is 2. The van der Waals surface area contributed by atoms with Gasteiger partial charge in [0.25, 0.3) is 0 Å². The molecule has 2 aliphatic heterocycles. The molecule has 11 nitrogen and oxygen atoms in total. The fraction of sp³-hybridized carbons (Fsp3) is 0.429. The molecular formula is C35H45BrN9O2P. The first-order valence-electron chi connectivity index (χ1n) is 16.5. The summed E-state index contributed by atoms with van der Waals surface area (Å²) in [6.07, 6.45) is 8.33. The Morgan fingerprint density at radius 1 is 0.958 bits per heavy atom. The third-order valence-electron chi connectivity index (χ3n) is 9.29. The quantitative estimate of drug-likeness (QED) is 0.181. The van der Waals surface area contributed by atoms with E-state index < -0.39 is 7.14 Å². The van der Waals surface area contributed by atoms with Crippen molar-refractivity contribution in [2.24, 2.45) is 0 Å². The summed E-state index contributed by atoms with van der Waals surface area (Å²) < 4.78 is 20.0. The zero-order valence-corrected chi connectivity index (χ0v) is 30.9. The first-order chi connectivity index (χ1) is 23.1. The van der Waals surface area contributed by atoms with E-state index >= 15 is 0 Å². The highest BCUT2D eigenvalue weighted by atomic mass is 79.9. The molecule has 0 aliphatic carbocycles. The molecule has 2 aromatic carbocycles. The van der Waals surface area contributed by atoms with Gasteiger partial charge in [0.05, 0.1) is 23.0 Å². The predicted molar refractivity (Wildman–Crippen MR) is 200 cm³/mol. The minimum atomic E-state index is -2.69. The topological polar surface area (TPSA) is 112 Å². The Balaban J connectivity index is 1.21. The molecule has 0 radical (unpaired) electrons. The van der Waals surface area contributed by atoms with E-state index in [1.54, 1.807) is 45.1 Å². The molecule has 4 heterocycles. The predicted octanol–water partition coefficient (Wildman–Crippen LogP) is 6.22. The fourth-order valence-electron chi connectivity index (χ4n) is 6.55. The van der Waals surface area contributed by atoms with Crippen molar-refractivity contribution >= 4 is 57.2 Å². The highest BCUT2D eigenvalue weighted by molar-refractivity contribution is 9.10. The number of rotatable bonds is 10. The van der Waals surface area contributed by atoms with Gasteiger partial charge in [0.1, 0.15) is 18.7 Å². The molecule has 4 aromatic rings. The van der Waals surface area contributed by atoms with E-state index in [0.717, 1.165) is 49.6 Å². The number of benzene rings is 2. The Hall–Kier alpha value is -3.57. The molecule has 0 unspecified atom stereocenters. The van der Waals surface area contributed by atoms with Crippen LogP contribution in [0.15, 0.2) is 59.5 Å². The minimum absolute atomic E-state index is 0.411. The van der Waals surface area contributed by atoms with Gasteiger partial charge < -0.3 is 29.7 Å². The lowest BCUT2D eigenvalue weighted by Gasteiger charge is -2.43. The number of ether oxygens (including phenoxy) is 1. The van der Waals surface area contributed by atoms with Crippen LogP contribution in [0.2, 0.25) is 0 Å². The smallest absolute Gasteiger partial charge is 0.229 e. The number of anilines is 5. The zero-order valence-electron chi connectivity index (χ0n) is 28.4. The lowest BCUT2D eigenvalue weighted by molar-refractivity contribution is 0.0982. The highest BCUT2D eigenvalue weighted by Gasteiger charge is 2.28. The standard InChI is InChI=1S/C35H45BrN9O2P/c1-6-24-20-29(31(47-3)22-30(24)45-14-10-26(11-15-45)44-18-16-43(2)17-19-44)41-35-39-23-27(36)34(42-35)40-28-9-8-25(21-32(28)48(4,5)46)33-37-12-7-13-38-33/h7-9,12-13,20-23,26H,6,10-11,14-19H2,1-5H3,(H2,39,40,41,42). The van der Waals surface area contributed by atoms with E-state index in [9.17, 15) is 4.57 Å². The van der Waals surface area contributed by atoms with Crippen LogP contribution >= 0.6 is 23.1 Å². The number of aromatic nitrogens is 4. The molecule has 2 saturated heterocycles. The molecule has 2 aromatic heterocycles. The maximum atomic E-state index is 13.4. The third-order valence-corrected chi connectivity index (χ3v) is 11.4. The number of likely N-dealkylation sites (N-methyl/N-ethyl adjacent to an activating group) is 1. The van der Waals surface area contributed by atoms with Crippen molar-refractivity contribution in [1.82, 2.24) is 29.7 Å². The van der Waals surface area contributed by atoms with Crippen molar-refractivity contribution in [3.63, 3.8) is 0 Å². The van der Waals surface area contributed by atoms with Crippen LogP contribution in [-0.4, -0.2) is 103 Å². The van der Waals surface area contributed by atoms with Gasteiger partial charge in [-0.3, -0.25) is 4.90 Å². The number of nitrogens with zero attached hydrogens (tertiary/aromatic N) is 7. The molecule has 0 bridgehead atoms. The maximum Gasteiger partial charge on any atom is 0.229 e. The second-order valence-electron chi connectivity index (χ2n) is 12.9. The van der Waals surface area contributed by atoms with Crippen molar-refractivity contribution in [3.05, 3.63) is 65.0 Å². The first kappa shape index (κ1) is 34.3. The average molecular weight is 735 g/mol.